The molecule has 36 heavy (non-hydrogen) atoms. The Kier molecular flexibility index (Phi) is 11.0. The molecule has 0 saturated heterocycles. The molecule has 0 aromatic heterocycles. The Morgan fingerprint density at radius 1 is 1.19 bits per heavy atom. The highest BCUT2D eigenvalue weighted by molar-refractivity contribution is 7.92. The van der Waals surface area contributed by atoms with Gasteiger partial charge in [-0.15, -0.1) is 0 Å². The van der Waals surface area contributed by atoms with E-state index in [1.54, 1.807) is 37.3 Å². The highest BCUT2D eigenvalue weighted by Gasteiger charge is 2.27. The Labute approximate surface area is 217 Å². The van der Waals surface area contributed by atoms with Gasteiger partial charge in [-0.3, -0.25) is 13.9 Å². The molecule has 1 N–H and O–H groups in total. The number of amides is 2. The van der Waals surface area contributed by atoms with Gasteiger partial charge in [0.25, 0.3) is 0 Å². The van der Waals surface area contributed by atoms with E-state index in [-0.39, 0.29) is 42.4 Å². The molecule has 8 nitrogen and oxygen atoms in total. The summed E-state index contributed by atoms with van der Waals surface area (Å²) in [5, 5.41) is 3.01. The van der Waals surface area contributed by atoms with Crippen molar-refractivity contribution in [1.29, 1.82) is 0 Å². The number of methoxy groups -OCH3 is 1. The Hall–Kier alpha value is -2.85. The molecule has 0 unspecified atom stereocenters. The highest BCUT2D eigenvalue weighted by Crippen LogP contribution is 2.30. The summed E-state index contributed by atoms with van der Waals surface area (Å²) in [6.07, 6.45) is 1.93. The van der Waals surface area contributed by atoms with Gasteiger partial charge in [-0.05, 0) is 44.0 Å². The first-order chi connectivity index (χ1) is 17.0. The van der Waals surface area contributed by atoms with E-state index < -0.39 is 27.8 Å². The highest BCUT2D eigenvalue weighted by atomic mass is 35.5. The lowest BCUT2D eigenvalue weighted by atomic mass is 10.1. The van der Waals surface area contributed by atoms with Crippen molar-refractivity contribution >= 4 is 39.1 Å². The molecule has 0 fully saturated rings. The summed E-state index contributed by atoms with van der Waals surface area (Å²) in [6, 6.07) is 9.84. The Balaban J connectivity index is 2.19. The summed E-state index contributed by atoms with van der Waals surface area (Å²) in [5.41, 5.74) is 0.623. The first-order valence-electron chi connectivity index (χ1n) is 11.6. The molecule has 11 heteroatoms. The predicted octanol–water partition coefficient (Wildman–Crippen LogP) is 3.98. The third-order valence-electron chi connectivity index (χ3n) is 5.59. The molecule has 0 bridgehead atoms. The first kappa shape index (κ1) is 29.4. The topological polar surface area (TPSA) is 96.0 Å². The average molecular weight is 542 g/mol. The summed E-state index contributed by atoms with van der Waals surface area (Å²) in [4.78, 5) is 27.1. The molecular weight excluding hydrogens is 509 g/mol. The minimum atomic E-state index is -3.67. The fourth-order valence-electron chi connectivity index (χ4n) is 3.60. The molecule has 2 amide bonds. The van der Waals surface area contributed by atoms with Crippen LogP contribution in [0, 0.1) is 5.82 Å². The van der Waals surface area contributed by atoms with Crippen molar-refractivity contribution in [3.8, 4) is 5.75 Å². The third-order valence-corrected chi connectivity index (χ3v) is 7.08. The van der Waals surface area contributed by atoms with Crippen LogP contribution in [0.15, 0.2) is 42.5 Å². The van der Waals surface area contributed by atoms with E-state index in [9.17, 15) is 22.4 Å². The lowest BCUT2D eigenvalue weighted by molar-refractivity contribution is -0.140. The van der Waals surface area contributed by atoms with Crippen LogP contribution in [0.4, 0.5) is 10.1 Å². The second-order valence-electron chi connectivity index (χ2n) is 8.34. The fourth-order valence-corrected chi connectivity index (χ4v) is 4.81. The number of ether oxygens (including phenoxy) is 1. The molecule has 0 aliphatic rings. The Morgan fingerprint density at radius 2 is 1.89 bits per heavy atom. The molecule has 2 aromatic carbocycles. The van der Waals surface area contributed by atoms with Crippen molar-refractivity contribution in [3.05, 3.63) is 58.9 Å². The van der Waals surface area contributed by atoms with Gasteiger partial charge in [0, 0.05) is 31.6 Å². The number of anilines is 1. The zero-order valence-electron chi connectivity index (χ0n) is 21.0. The summed E-state index contributed by atoms with van der Waals surface area (Å²) >= 11 is 6.16. The molecule has 0 aliphatic carbocycles. The third kappa shape index (κ3) is 8.09. The van der Waals surface area contributed by atoms with Gasteiger partial charge < -0.3 is 15.0 Å². The molecule has 0 saturated carbocycles. The van der Waals surface area contributed by atoms with Crippen LogP contribution in [0.5, 0.6) is 5.75 Å². The standard InChI is InChI=1S/C25H33ClFN3O5S/c1-5-14-28-25(32)18(2)29(17-19-9-6-7-10-22(19)27)24(31)11-8-15-30(36(4,33)34)20-12-13-23(35-3)21(26)16-20/h6-7,9-10,12-13,16,18H,5,8,11,14-15,17H2,1-4H3,(H,28,32)/t18-/m1/s1. The molecule has 1 atom stereocenters. The zero-order valence-corrected chi connectivity index (χ0v) is 22.5. The van der Waals surface area contributed by atoms with E-state index in [4.69, 9.17) is 16.3 Å². The maximum absolute atomic E-state index is 14.3. The SMILES string of the molecule is CCCNC(=O)[C@@H](C)N(Cc1ccccc1F)C(=O)CCCN(c1ccc(OC)c(Cl)c1)S(C)(=O)=O. The summed E-state index contributed by atoms with van der Waals surface area (Å²) in [6.45, 7) is 3.88. The summed E-state index contributed by atoms with van der Waals surface area (Å²) in [5.74, 6) is -0.801. The zero-order chi connectivity index (χ0) is 26.9. The Bertz CT molecular complexity index is 1160. The van der Waals surface area contributed by atoms with Crippen LogP contribution in [0.1, 0.15) is 38.7 Å². The number of rotatable bonds is 13. The summed E-state index contributed by atoms with van der Waals surface area (Å²) in [7, 11) is -2.22. The van der Waals surface area contributed by atoms with E-state index in [0.717, 1.165) is 17.0 Å². The van der Waals surface area contributed by atoms with Gasteiger partial charge in [0.1, 0.15) is 17.6 Å². The monoisotopic (exact) mass is 541 g/mol. The van der Waals surface area contributed by atoms with Crippen molar-refractivity contribution in [2.45, 2.75) is 45.7 Å². The molecular formula is C25H33ClFN3O5S. The number of hydrogen-bond donors (Lipinski definition) is 1. The number of sulfonamides is 1. The molecule has 198 valence electrons. The molecule has 0 aliphatic heterocycles. The van der Waals surface area contributed by atoms with Crippen molar-refractivity contribution < 1.29 is 27.1 Å². The van der Waals surface area contributed by atoms with Gasteiger partial charge in [-0.2, -0.15) is 0 Å². The van der Waals surface area contributed by atoms with Crippen molar-refractivity contribution in [3.63, 3.8) is 0 Å². The van der Waals surface area contributed by atoms with E-state index in [0.29, 0.717) is 18.0 Å². The minimum Gasteiger partial charge on any atom is -0.495 e. The van der Waals surface area contributed by atoms with Crippen molar-refractivity contribution in [1.82, 2.24) is 10.2 Å². The fraction of sp³-hybridized carbons (Fsp3) is 0.440. The molecule has 0 radical (unpaired) electrons. The van der Waals surface area contributed by atoms with Crippen LogP contribution >= 0.6 is 11.6 Å². The summed E-state index contributed by atoms with van der Waals surface area (Å²) < 4.78 is 45.5. The van der Waals surface area contributed by atoms with E-state index in [1.165, 1.54) is 24.1 Å². The average Bonchev–Trinajstić information content (AvgIpc) is 2.83. The Morgan fingerprint density at radius 3 is 2.47 bits per heavy atom. The van der Waals surface area contributed by atoms with Gasteiger partial charge in [0.05, 0.1) is 24.1 Å². The number of nitrogens with one attached hydrogen (secondary N) is 1. The molecule has 2 rings (SSSR count). The van der Waals surface area contributed by atoms with Crippen molar-refractivity contribution in [2.24, 2.45) is 0 Å². The molecule has 0 heterocycles. The number of nitrogens with zero attached hydrogens (tertiary/aromatic N) is 2. The van der Waals surface area contributed by atoms with Gasteiger partial charge in [0.15, 0.2) is 0 Å². The first-order valence-corrected chi connectivity index (χ1v) is 13.8. The van der Waals surface area contributed by atoms with Gasteiger partial charge >= 0.3 is 0 Å². The number of hydrogen-bond acceptors (Lipinski definition) is 5. The largest absolute Gasteiger partial charge is 0.495 e. The normalized spacial score (nSPS) is 12.1. The molecule has 0 spiro atoms. The van der Waals surface area contributed by atoms with E-state index >= 15 is 0 Å². The predicted molar refractivity (Wildman–Crippen MR) is 139 cm³/mol. The number of carbonyl (C=O) groups excluding carboxylic acids is 2. The van der Waals surface area contributed by atoms with Crippen LogP contribution in [0.2, 0.25) is 5.02 Å². The number of carbonyl (C=O) groups is 2. The smallest absolute Gasteiger partial charge is 0.242 e. The van der Waals surface area contributed by atoms with Gasteiger partial charge in [-0.25, -0.2) is 12.8 Å². The quantitative estimate of drug-likeness (QED) is 0.414. The maximum Gasteiger partial charge on any atom is 0.242 e. The van der Waals surface area contributed by atoms with Crippen molar-refractivity contribution in [2.75, 3.05) is 30.8 Å². The maximum atomic E-state index is 14.3. The number of benzene rings is 2. The van der Waals surface area contributed by atoms with E-state index in [2.05, 4.69) is 5.32 Å². The molecule has 2 aromatic rings. The van der Waals surface area contributed by atoms with Gasteiger partial charge in [0.2, 0.25) is 21.8 Å². The number of halogens is 2. The minimum absolute atomic E-state index is 0.0111. The van der Waals surface area contributed by atoms with Crippen LogP contribution in [0.3, 0.4) is 0 Å². The van der Waals surface area contributed by atoms with Gasteiger partial charge in [-0.1, -0.05) is 36.7 Å². The van der Waals surface area contributed by atoms with Crippen LogP contribution in [-0.4, -0.2) is 57.6 Å². The second kappa shape index (κ2) is 13.5. The lowest BCUT2D eigenvalue weighted by Gasteiger charge is -2.29. The van der Waals surface area contributed by atoms with E-state index in [1.807, 2.05) is 6.92 Å². The second-order valence-corrected chi connectivity index (χ2v) is 10.7. The van der Waals surface area contributed by atoms with Crippen LogP contribution in [-0.2, 0) is 26.2 Å². The van der Waals surface area contributed by atoms with Crippen LogP contribution in [0.25, 0.3) is 0 Å². The lowest BCUT2D eigenvalue weighted by Crippen LogP contribution is -2.48. The van der Waals surface area contributed by atoms with Crippen LogP contribution < -0.4 is 14.4 Å².